The second kappa shape index (κ2) is 26.5. The van der Waals surface area contributed by atoms with Crippen molar-refractivity contribution in [3.05, 3.63) is 139 Å². The summed E-state index contributed by atoms with van der Waals surface area (Å²) in [6.45, 7) is 41.2. The van der Waals surface area contributed by atoms with Crippen LogP contribution in [0.1, 0.15) is 101 Å². The van der Waals surface area contributed by atoms with Crippen molar-refractivity contribution in [2.75, 3.05) is 39.7 Å². The third kappa shape index (κ3) is 16.2. The van der Waals surface area contributed by atoms with Crippen molar-refractivity contribution >= 4 is 44.7 Å². The van der Waals surface area contributed by atoms with E-state index in [1.54, 1.807) is 6.92 Å². The van der Waals surface area contributed by atoms with Crippen molar-refractivity contribution in [1.29, 1.82) is 0 Å². The zero-order chi connectivity index (χ0) is 62.9. The summed E-state index contributed by atoms with van der Waals surface area (Å²) in [6.07, 6.45) is -3.11. The second-order valence-electron chi connectivity index (χ2n) is 30.0. The van der Waals surface area contributed by atoms with Crippen molar-refractivity contribution in [3.63, 3.8) is 0 Å². The van der Waals surface area contributed by atoms with Gasteiger partial charge < -0.3 is 37.6 Å². The van der Waals surface area contributed by atoms with Crippen LogP contribution in [0.2, 0.25) is 87.6 Å². The molecule has 85 heavy (non-hydrogen) atoms. The fourth-order valence-corrected chi connectivity index (χ4v) is 14.5. The first-order valence-electron chi connectivity index (χ1n) is 30.6. The molecule has 470 valence electrons. The Labute approximate surface area is 511 Å². The van der Waals surface area contributed by atoms with Crippen LogP contribution in [0.25, 0.3) is 0 Å². The Balaban J connectivity index is 1.26. The average molecular weight is 1240 g/mol. The van der Waals surface area contributed by atoms with E-state index >= 15 is 14.4 Å². The third-order valence-corrected chi connectivity index (χ3v) is 30.7. The second-order valence-corrected chi connectivity index (χ2v) is 50.8. The lowest BCUT2D eigenvalue weighted by molar-refractivity contribution is -0.156. The molecule has 3 aliphatic rings. The molecule has 7 rings (SSSR count). The van der Waals surface area contributed by atoms with Crippen molar-refractivity contribution in [2.45, 2.75) is 218 Å². The summed E-state index contributed by atoms with van der Waals surface area (Å²) in [7, 11) is -7.82. The third-order valence-electron chi connectivity index (χ3n) is 18.3. The Morgan fingerprint density at radius 2 is 1.16 bits per heavy atom. The molecule has 4 aromatic rings. The van der Waals surface area contributed by atoms with E-state index in [-0.39, 0.29) is 61.7 Å². The number of carbonyl (C=O) groups excluding carboxylic acids is 2. The van der Waals surface area contributed by atoms with Gasteiger partial charge in [-0.15, -0.1) is 0 Å². The minimum atomic E-state index is -2.40. The molecule has 20 heteroatoms. The smallest absolute Gasteiger partial charge is 0.335 e. The fourth-order valence-electron chi connectivity index (χ4n) is 10.6. The Hall–Kier alpha value is -4.17. The highest BCUT2D eigenvalue weighted by Gasteiger charge is 2.53. The maximum Gasteiger partial charge on any atom is 0.335 e. The molecule has 4 heterocycles. The average Bonchev–Trinajstić information content (AvgIpc) is 2.17. The molecule has 16 nitrogen and oxygen atoms in total. The van der Waals surface area contributed by atoms with Crippen molar-refractivity contribution in [1.82, 2.24) is 18.9 Å². The number of ether oxygens (including phenoxy) is 5. The van der Waals surface area contributed by atoms with Gasteiger partial charge in [-0.25, -0.2) is 19.1 Å². The van der Waals surface area contributed by atoms with Gasteiger partial charge in [0, 0.05) is 60.5 Å². The van der Waals surface area contributed by atoms with Gasteiger partial charge in [-0.3, -0.25) is 19.1 Å². The number of benzene rings is 3. The Morgan fingerprint density at radius 1 is 0.647 bits per heavy atom. The molecule has 3 saturated heterocycles. The van der Waals surface area contributed by atoms with Gasteiger partial charge in [-0.1, -0.05) is 171 Å². The lowest BCUT2D eigenvalue weighted by Crippen LogP contribution is -2.64. The maximum absolute atomic E-state index is 15.3. The predicted octanol–water partition coefficient (Wildman–Crippen LogP) is 12.2. The van der Waals surface area contributed by atoms with Gasteiger partial charge in [0.25, 0.3) is 5.56 Å². The lowest BCUT2D eigenvalue weighted by atomic mass is 9.79. The summed E-state index contributed by atoms with van der Waals surface area (Å²) < 4.78 is 49.8. The Morgan fingerprint density at radius 3 is 1.69 bits per heavy atom. The van der Waals surface area contributed by atoms with E-state index in [0.29, 0.717) is 19.6 Å². The largest absolute Gasteiger partial charge is 0.414 e. The van der Waals surface area contributed by atoms with Crippen molar-refractivity contribution in [3.8, 4) is 0 Å². The SMILES string of the molecule is Cc1ccc(C(OC[C@H]2O[C@@H](N3CC(C)(Cc4cn([C@H]5C[C@H](O[Si](C)(C)C(C)(C)C)[C@@H](CO[Si](C)(C)C(C)(C)C)O5)c(=O)n(COCC[Si](C)(C)C)c4=O)C(=O)N(COCC[Si](C)(C)C)C3=O)C[C@@H]2O)(c2ccccc2)c2ccc(C)cc2)cc1. The summed E-state index contributed by atoms with van der Waals surface area (Å²) in [5.74, 6) is -0.540. The van der Waals surface area contributed by atoms with Crippen LogP contribution in [0, 0.1) is 19.3 Å². The number of rotatable bonds is 25. The molecule has 0 spiro atoms. The van der Waals surface area contributed by atoms with Gasteiger partial charge in [-0.05, 0) is 92.2 Å². The number of hydrogen-bond donors (Lipinski definition) is 1. The van der Waals surface area contributed by atoms with Gasteiger partial charge in [0.15, 0.2) is 16.6 Å². The first kappa shape index (κ1) is 68.3. The molecule has 1 unspecified atom stereocenters. The maximum atomic E-state index is 15.3. The first-order valence-corrected chi connectivity index (χ1v) is 43.9. The van der Waals surface area contributed by atoms with E-state index in [4.69, 9.17) is 32.5 Å². The number of imide groups is 1. The highest BCUT2D eigenvalue weighted by atomic mass is 28.4. The topological polar surface area (TPSA) is 169 Å². The van der Waals surface area contributed by atoms with Gasteiger partial charge >= 0.3 is 11.7 Å². The summed E-state index contributed by atoms with van der Waals surface area (Å²) in [5.41, 5.74) is 1.19. The van der Waals surface area contributed by atoms with Crippen LogP contribution >= 0.6 is 0 Å². The number of hydrogen-bond acceptors (Lipinski definition) is 12. The predicted molar refractivity (Wildman–Crippen MR) is 346 cm³/mol. The summed E-state index contributed by atoms with van der Waals surface area (Å²) in [5, 5.41) is 11.8. The number of aryl methyl sites for hydroxylation is 2. The van der Waals surface area contributed by atoms with Crippen LogP contribution in [-0.2, 0) is 56.1 Å². The molecular formula is C65H102N4O12Si4. The number of amides is 3. The molecule has 1 N–H and O–H groups in total. The minimum absolute atomic E-state index is 0.0195. The number of urea groups is 1. The van der Waals surface area contributed by atoms with Gasteiger partial charge in [0.05, 0.1) is 30.8 Å². The summed E-state index contributed by atoms with van der Waals surface area (Å²) in [4.78, 5) is 62.9. The molecule has 3 aromatic carbocycles. The van der Waals surface area contributed by atoms with E-state index < -0.39 is 104 Å². The number of aliphatic hydroxyl groups is 1. The molecule has 0 aliphatic carbocycles. The van der Waals surface area contributed by atoms with Gasteiger partial charge in [0.2, 0.25) is 5.91 Å². The zero-order valence-corrected chi connectivity index (χ0v) is 58.8. The molecule has 0 bridgehead atoms. The zero-order valence-electron chi connectivity index (χ0n) is 54.8. The molecule has 3 aliphatic heterocycles. The van der Waals surface area contributed by atoms with E-state index in [0.717, 1.165) is 49.4 Å². The van der Waals surface area contributed by atoms with Gasteiger partial charge in [0.1, 0.15) is 43.7 Å². The van der Waals surface area contributed by atoms with E-state index in [9.17, 15) is 9.90 Å². The number of aliphatic hydroxyl groups excluding tert-OH is 1. The fraction of sp³-hybridized carbons (Fsp3) is 0.631. The quantitative estimate of drug-likeness (QED) is 0.0379. The van der Waals surface area contributed by atoms with Crippen LogP contribution in [0.5, 0.6) is 0 Å². The van der Waals surface area contributed by atoms with Crippen LogP contribution in [-0.4, -0.2) is 139 Å². The van der Waals surface area contributed by atoms with Crippen LogP contribution in [0.15, 0.2) is 94.6 Å². The normalized spacial score (nSPS) is 23.2. The standard InChI is InChI=1S/C65H102N4O12Si4/c1-46-25-29-50(30-26-46)65(49-23-21-20-22-24-49,51-31-27-47(2)28-32-51)77-41-54-52(70)37-56(79-54)67-43-64(9,59(72)69(61(67)74)45-76-34-36-83(13,14)15)39-48-40-66(60(73)68(58(48)71)44-75-33-35-82(10,11)12)57-38-53(81-85(18,19)63(6,7)8)55(80-57)42-78-84(16,17)62(3,4)5/h20-32,40,52-57,70H,33-39,41-45H2,1-19H3/t52-,53-,54+,55+,56+,57+,64?/m0/s1. The van der Waals surface area contributed by atoms with Crippen LogP contribution in [0.4, 0.5) is 4.79 Å². The van der Waals surface area contributed by atoms with Gasteiger partial charge in [-0.2, -0.15) is 0 Å². The Kier molecular flexibility index (Phi) is 21.3. The highest BCUT2D eigenvalue weighted by molar-refractivity contribution is 6.76. The van der Waals surface area contributed by atoms with Crippen molar-refractivity contribution in [2.24, 2.45) is 5.41 Å². The number of nitrogens with zero attached hydrogens (tertiary/aromatic N) is 4. The minimum Gasteiger partial charge on any atom is -0.414 e. The van der Waals surface area contributed by atoms with Crippen LogP contribution < -0.4 is 11.2 Å². The Bertz CT molecular complexity index is 2990. The van der Waals surface area contributed by atoms with E-state index in [1.165, 1.54) is 15.7 Å². The molecule has 7 atom stereocenters. The molecule has 3 fully saturated rings. The molecule has 3 amide bonds. The molecular weight excluding hydrogens is 1140 g/mol. The molecule has 0 saturated carbocycles. The number of carbonyl (C=O) groups is 2. The molecule has 1 aromatic heterocycles. The first-order chi connectivity index (χ1) is 39.4. The monoisotopic (exact) mass is 1240 g/mol. The number of aromatic nitrogens is 2. The van der Waals surface area contributed by atoms with Crippen LogP contribution in [0.3, 0.4) is 0 Å². The van der Waals surface area contributed by atoms with E-state index in [1.807, 2.05) is 44.2 Å². The lowest BCUT2D eigenvalue weighted by Gasteiger charge is -2.45. The highest BCUT2D eigenvalue weighted by Crippen LogP contribution is 2.45. The summed E-state index contributed by atoms with van der Waals surface area (Å²) in [6, 6.07) is 27.5. The van der Waals surface area contributed by atoms with Crippen molar-refractivity contribution < 1.29 is 47.2 Å². The van der Waals surface area contributed by atoms with E-state index in [2.05, 4.69) is 156 Å². The summed E-state index contributed by atoms with van der Waals surface area (Å²) >= 11 is 0. The molecule has 0 radical (unpaired) electrons.